The van der Waals surface area contributed by atoms with Gasteiger partial charge in [0.2, 0.25) is 0 Å². The van der Waals surface area contributed by atoms with E-state index in [1.807, 2.05) is 22.7 Å². The second kappa shape index (κ2) is 12.4. The topological polar surface area (TPSA) is 3.24 Å². The lowest BCUT2D eigenvalue weighted by atomic mass is 9.96. The van der Waals surface area contributed by atoms with E-state index in [-0.39, 0.29) is 0 Å². The molecular formula is C48H31NS2. The first kappa shape index (κ1) is 29.9. The number of nitrogens with zero attached hydrogens (tertiary/aromatic N) is 1. The average molecular weight is 686 g/mol. The number of fused-ring (bicyclic) bond motifs is 6. The van der Waals surface area contributed by atoms with E-state index in [0.29, 0.717) is 0 Å². The van der Waals surface area contributed by atoms with Crippen LogP contribution in [0.4, 0.5) is 17.1 Å². The predicted octanol–water partition coefficient (Wildman–Crippen LogP) is 14.9. The van der Waals surface area contributed by atoms with Crippen LogP contribution in [-0.4, -0.2) is 0 Å². The first-order chi connectivity index (χ1) is 25.3. The Balaban J connectivity index is 1.30. The van der Waals surface area contributed by atoms with E-state index in [1.54, 1.807) is 0 Å². The minimum absolute atomic E-state index is 1.12. The SMILES string of the molecule is c1ccc(-c2cc(-c3ccccc3)cc(N(c3ccc4c(c3)sc3ccccc34)c3ccc(-c4ccccc4)c4sc5ccccc5c34)c2)cc1. The van der Waals surface area contributed by atoms with Crippen LogP contribution in [0, 0.1) is 0 Å². The quantitative estimate of drug-likeness (QED) is 0.168. The van der Waals surface area contributed by atoms with Gasteiger partial charge in [-0.2, -0.15) is 0 Å². The molecule has 2 aromatic heterocycles. The Labute approximate surface area is 304 Å². The maximum absolute atomic E-state index is 2.50. The molecule has 0 fully saturated rings. The van der Waals surface area contributed by atoms with Crippen molar-refractivity contribution in [2.75, 3.05) is 4.90 Å². The molecule has 51 heavy (non-hydrogen) atoms. The van der Waals surface area contributed by atoms with Gasteiger partial charge in [-0.05, 0) is 81.9 Å². The van der Waals surface area contributed by atoms with Gasteiger partial charge in [-0.15, -0.1) is 22.7 Å². The summed E-state index contributed by atoms with van der Waals surface area (Å²) < 4.78 is 5.19. The molecule has 0 bridgehead atoms. The number of hydrogen-bond donors (Lipinski definition) is 0. The zero-order chi connectivity index (χ0) is 33.7. The normalized spacial score (nSPS) is 11.5. The molecule has 0 saturated carbocycles. The van der Waals surface area contributed by atoms with Crippen LogP contribution in [0.25, 0.3) is 73.7 Å². The van der Waals surface area contributed by atoms with Crippen LogP contribution < -0.4 is 4.90 Å². The zero-order valence-electron chi connectivity index (χ0n) is 27.7. The van der Waals surface area contributed by atoms with E-state index in [0.717, 1.165) is 11.4 Å². The molecule has 0 aliphatic heterocycles. The molecule has 0 radical (unpaired) electrons. The predicted molar refractivity (Wildman–Crippen MR) is 223 cm³/mol. The summed E-state index contributed by atoms with van der Waals surface area (Å²) in [7, 11) is 0. The van der Waals surface area contributed by atoms with Crippen molar-refractivity contribution in [1.29, 1.82) is 0 Å². The van der Waals surface area contributed by atoms with Gasteiger partial charge < -0.3 is 4.90 Å². The lowest BCUT2D eigenvalue weighted by Crippen LogP contribution is -2.11. The number of rotatable bonds is 6. The van der Waals surface area contributed by atoms with Gasteiger partial charge in [0.05, 0.1) is 5.69 Å². The lowest BCUT2D eigenvalue weighted by molar-refractivity contribution is 1.31. The summed E-state index contributed by atoms with van der Waals surface area (Å²) in [4.78, 5) is 2.50. The second-order valence-electron chi connectivity index (χ2n) is 12.9. The van der Waals surface area contributed by atoms with Crippen molar-refractivity contribution in [2.45, 2.75) is 0 Å². The maximum Gasteiger partial charge on any atom is 0.0555 e. The fourth-order valence-electron chi connectivity index (χ4n) is 7.46. The molecule has 2 heterocycles. The van der Waals surface area contributed by atoms with Gasteiger partial charge in [-0.25, -0.2) is 0 Å². The zero-order valence-corrected chi connectivity index (χ0v) is 29.3. The molecule has 10 aromatic rings. The van der Waals surface area contributed by atoms with Crippen LogP contribution in [0.15, 0.2) is 188 Å². The van der Waals surface area contributed by atoms with Crippen LogP contribution >= 0.6 is 22.7 Å². The molecule has 0 amide bonds. The molecule has 1 nitrogen and oxygen atoms in total. The van der Waals surface area contributed by atoms with Crippen LogP contribution in [0.5, 0.6) is 0 Å². The summed E-state index contributed by atoms with van der Waals surface area (Å²) in [5, 5.41) is 5.17. The number of thiophene rings is 2. The summed E-state index contributed by atoms with van der Waals surface area (Å²) in [6, 6.07) is 68.7. The first-order valence-corrected chi connectivity index (χ1v) is 18.9. The van der Waals surface area contributed by atoms with Gasteiger partial charge in [-0.1, -0.05) is 140 Å². The largest absolute Gasteiger partial charge is 0.310 e. The minimum atomic E-state index is 1.12. The summed E-state index contributed by atoms with van der Waals surface area (Å²) >= 11 is 3.75. The van der Waals surface area contributed by atoms with Gasteiger partial charge in [0.25, 0.3) is 0 Å². The fraction of sp³-hybridized carbons (Fsp3) is 0. The van der Waals surface area contributed by atoms with Gasteiger partial charge in [0.1, 0.15) is 0 Å². The smallest absolute Gasteiger partial charge is 0.0555 e. The van der Waals surface area contributed by atoms with Gasteiger partial charge in [-0.3, -0.25) is 0 Å². The standard InChI is InChI=1S/C48H31NS2/c1-4-14-32(15-5-1)35-28-36(33-16-6-2-7-17-33)30-38(29-35)49(37-24-25-41-40-20-10-12-22-44(40)50-46(41)31-37)43-27-26-39(34-18-8-3-9-19-34)48-47(43)42-21-11-13-23-45(42)51-48/h1-31H. The molecule has 0 saturated heterocycles. The molecule has 8 aromatic carbocycles. The van der Waals surface area contributed by atoms with Crippen molar-refractivity contribution < 1.29 is 0 Å². The van der Waals surface area contributed by atoms with Crippen LogP contribution in [0.1, 0.15) is 0 Å². The van der Waals surface area contributed by atoms with E-state index in [9.17, 15) is 0 Å². The number of benzene rings is 8. The van der Waals surface area contributed by atoms with Crippen LogP contribution in [0.3, 0.4) is 0 Å². The highest BCUT2D eigenvalue weighted by molar-refractivity contribution is 7.26. The van der Waals surface area contributed by atoms with Crippen molar-refractivity contribution in [3.8, 4) is 33.4 Å². The third-order valence-corrected chi connectivity index (χ3v) is 12.2. The van der Waals surface area contributed by atoms with Gasteiger partial charge >= 0.3 is 0 Å². The summed E-state index contributed by atoms with van der Waals surface area (Å²) in [5.41, 5.74) is 10.7. The molecule has 0 aliphatic rings. The third kappa shape index (κ3) is 5.21. The van der Waals surface area contributed by atoms with E-state index in [4.69, 9.17) is 0 Å². The number of anilines is 3. The monoisotopic (exact) mass is 685 g/mol. The highest BCUT2D eigenvalue weighted by atomic mass is 32.1. The van der Waals surface area contributed by atoms with Crippen molar-refractivity contribution >= 4 is 80.1 Å². The Hall–Kier alpha value is -6.00. The first-order valence-electron chi connectivity index (χ1n) is 17.3. The summed E-state index contributed by atoms with van der Waals surface area (Å²) in [6.07, 6.45) is 0. The molecule has 0 spiro atoms. The third-order valence-electron chi connectivity index (χ3n) is 9.84. The van der Waals surface area contributed by atoms with E-state index in [1.165, 1.54) is 79.4 Å². The van der Waals surface area contributed by atoms with Crippen molar-refractivity contribution in [2.24, 2.45) is 0 Å². The lowest BCUT2D eigenvalue weighted by Gasteiger charge is -2.28. The Kier molecular flexibility index (Phi) is 7.26. The van der Waals surface area contributed by atoms with Gasteiger partial charge in [0.15, 0.2) is 0 Å². The second-order valence-corrected chi connectivity index (χ2v) is 15.1. The minimum Gasteiger partial charge on any atom is -0.310 e. The molecule has 0 aliphatic carbocycles. The Morgan fingerprint density at radius 2 is 0.882 bits per heavy atom. The highest BCUT2D eigenvalue weighted by Crippen LogP contribution is 2.50. The van der Waals surface area contributed by atoms with Crippen molar-refractivity contribution in [3.63, 3.8) is 0 Å². The van der Waals surface area contributed by atoms with E-state index >= 15 is 0 Å². The molecule has 0 N–H and O–H groups in total. The van der Waals surface area contributed by atoms with Crippen LogP contribution in [0.2, 0.25) is 0 Å². The molecule has 3 heteroatoms. The highest BCUT2D eigenvalue weighted by Gasteiger charge is 2.23. The van der Waals surface area contributed by atoms with Crippen molar-refractivity contribution in [3.05, 3.63) is 188 Å². The fourth-order valence-corrected chi connectivity index (χ4v) is 9.86. The average Bonchev–Trinajstić information content (AvgIpc) is 3.78. The van der Waals surface area contributed by atoms with E-state index in [2.05, 4.69) is 193 Å². The summed E-state index contributed by atoms with van der Waals surface area (Å²) in [5.74, 6) is 0. The van der Waals surface area contributed by atoms with E-state index < -0.39 is 0 Å². The molecule has 0 atom stereocenters. The van der Waals surface area contributed by atoms with Crippen LogP contribution in [-0.2, 0) is 0 Å². The number of hydrogen-bond acceptors (Lipinski definition) is 3. The summed E-state index contributed by atoms with van der Waals surface area (Å²) in [6.45, 7) is 0. The Morgan fingerprint density at radius 1 is 0.333 bits per heavy atom. The van der Waals surface area contributed by atoms with Crippen molar-refractivity contribution in [1.82, 2.24) is 0 Å². The molecule has 0 unspecified atom stereocenters. The Morgan fingerprint density at radius 3 is 1.55 bits per heavy atom. The maximum atomic E-state index is 2.50. The Bertz CT molecular complexity index is 2790. The van der Waals surface area contributed by atoms with Gasteiger partial charge in [0, 0.05) is 51.7 Å². The molecular weight excluding hydrogens is 655 g/mol. The molecule has 240 valence electrons. The molecule has 10 rings (SSSR count).